The molecule has 1 amide bonds. The van der Waals surface area contributed by atoms with Crippen LogP contribution in [0.15, 0.2) is 4.99 Å². The Morgan fingerprint density at radius 3 is 2.75 bits per heavy atom. The monoisotopic (exact) mass is 296 g/mol. The van der Waals surface area contributed by atoms with Crippen LogP contribution in [0.4, 0.5) is 0 Å². The van der Waals surface area contributed by atoms with Crippen LogP contribution in [0.3, 0.4) is 0 Å². The van der Waals surface area contributed by atoms with E-state index in [0.29, 0.717) is 12.0 Å². The number of amidine groups is 1. The van der Waals surface area contributed by atoms with Crippen molar-refractivity contribution in [2.24, 2.45) is 22.7 Å². The topological polar surface area (TPSA) is 50.7 Å². The number of carbonyl (C=O) groups is 1. The fraction of sp³-hybridized carbons (Fsp3) is 0.867. The van der Waals surface area contributed by atoms with Gasteiger partial charge in [0.05, 0.1) is 17.9 Å². The third-order valence-electron chi connectivity index (χ3n) is 5.10. The first kappa shape index (κ1) is 14.4. The molecule has 112 valence electrons. The summed E-state index contributed by atoms with van der Waals surface area (Å²) in [5.74, 6) is 2.20. The molecular weight excluding hydrogens is 272 g/mol. The van der Waals surface area contributed by atoms with Crippen LogP contribution in [0.25, 0.3) is 0 Å². The van der Waals surface area contributed by atoms with Crippen LogP contribution in [0.5, 0.6) is 0 Å². The molecule has 5 atom stereocenters. The number of thioether (sulfide) groups is 1. The van der Waals surface area contributed by atoms with Gasteiger partial charge in [-0.25, -0.2) is 0 Å². The van der Waals surface area contributed by atoms with Crippen molar-refractivity contribution in [2.45, 2.75) is 50.8 Å². The number of aliphatic imine (C=N–C) groups is 1. The standard InChI is InChI=1S/C14H20N2O2S.CH4/c17-13-12(10-3-4-18-7-10)19-14(16-13)15-11-6-8-1-2-9(11)5-8;/h8-12H,1-7H2,(H,15,16,17);1H4. The third kappa shape index (κ3) is 2.50. The highest BCUT2D eigenvalue weighted by Gasteiger charge is 2.42. The number of hydrogen-bond acceptors (Lipinski definition) is 4. The van der Waals surface area contributed by atoms with Gasteiger partial charge in [0, 0.05) is 12.5 Å². The van der Waals surface area contributed by atoms with Crippen LogP contribution < -0.4 is 5.32 Å². The summed E-state index contributed by atoms with van der Waals surface area (Å²) in [6.45, 7) is 1.53. The van der Waals surface area contributed by atoms with E-state index in [1.165, 1.54) is 25.7 Å². The largest absolute Gasteiger partial charge is 0.381 e. The molecule has 2 bridgehead atoms. The van der Waals surface area contributed by atoms with Crippen LogP contribution in [-0.2, 0) is 9.53 Å². The number of nitrogens with zero attached hydrogens (tertiary/aromatic N) is 1. The van der Waals surface area contributed by atoms with Gasteiger partial charge < -0.3 is 10.1 Å². The maximum absolute atomic E-state index is 12.0. The van der Waals surface area contributed by atoms with Gasteiger partial charge >= 0.3 is 0 Å². The minimum Gasteiger partial charge on any atom is -0.381 e. The number of fused-ring (bicyclic) bond motifs is 2. The molecule has 5 heteroatoms. The highest BCUT2D eigenvalue weighted by Crippen LogP contribution is 2.46. The molecule has 0 aromatic carbocycles. The van der Waals surface area contributed by atoms with Crippen molar-refractivity contribution in [2.75, 3.05) is 13.2 Å². The molecule has 20 heavy (non-hydrogen) atoms. The van der Waals surface area contributed by atoms with Gasteiger partial charge in [-0.3, -0.25) is 9.79 Å². The quantitative estimate of drug-likeness (QED) is 0.851. The number of rotatable bonds is 2. The Kier molecular flexibility index (Phi) is 4.09. The minimum atomic E-state index is 0. The van der Waals surface area contributed by atoms with E-state index in [-0.39, 0.29) is 18.6 Å². The van der Waals surface area contributed by atoms with Crippen molar-refractivity contribution in [1.29, 1.82) is 0 Å². The van der Waals surface area contributed by atoms with Gasteiger partial charge in [0.15, 0.2) is 5.17 Å². The lowest BCUT2D eigenvalue weighted by Gasteiger charge is -2.17. The molecule has 0 aromatic heterocycles. The molecular formula is C15H24N2O2S. The molecule has 4 rings (SSSR count). The van der Waals surface area contributed by atoms with Crippen LogP contribution in [-0.4, -0.2) is 35.6 Å². The Balaban J connectivity index is 0.00000121. The summed E-state index contributed by atoms with van der Waals surface area (Å²) in [5, 5.41) is 3.89. The Bertz CT molecular complexity index is 420. The van der Waals surface area contributed by atoms with Crippen LogP contribution in [0, 0.1) is 17.8 Å². The van der Waals surface area contributed by atoms with Gasteiger partial charge in [-0.15, -0.1) is 0 Å². The second kappa shape index (κ2) is 5.68. The number of amides is 1. The van der Waals surface area contributed by atoms with Crippen LogP contribution >= 0.6 is 11.8 Å². The molecule has 4 fully saturated rings. The predicted molar refractivity (Wildman–Crippen MR) is 81.8 cm³/mol. The summed E-state index contributed by atoms with van der Waals surface area (Å²) < 4.78 is 5.39. The molecule has 0 radical (unpaired) electrons. The lowest BCUT2D eigenvalue weighted by Crippen LogP contribution is -2.30. The summed E-state index contributed by atoms with van der Waals surface area (Å²) in [6.07, 6.45) is 6.34. The van der Waals surface area contributed by atoms with E-state index in [1.807, 2.05) is 0 Å². The Labute approximate surface area is 125 Å². The zero-order chi connectivity index (χ0) is 12.8. The van der Waals surface area contributed by atoms with E-state index in [9.17, 15) is 4.79 Å². The zero-order valence-electron chi connectivity index (χ0n) is 11.0. The minimum absolute atomic E-state index is 0. The smallest absolute Gasteiger partial charge is 0.239 e. The average Bonchev–Trinajstić information content (AvgIpc) is 3.12. The number of hydrogen-bond donors (Lipinski definition) is 1. The molecule has 2 aliphatic carbocycles. The average molecular weight is 296 g/mol. The highest BCUT2D eigenvalue weighted by molar-refractivity contribution is 8.15. The van der Waals surface area contributed by atoms with E-state index in [2.05, 4.69) is 5.32 Å². The molecule has 2 saturated carbocycles. The second-order valence-electron chi connectivity index (χ2n) is 6.33. The van der Waals surface area contributed by atoms with Gasteiger partial charge in [0.2, 0.25) is 5.91 Å². The van der Waals surface area contributed by atoms with Crippen LogP contribution in [0.1, 0.15) is 39.5 Å². The van der Waals surface area contributed by atoms with Gasteiger partial charge in [0.1, 0.15) is 0 Å². The summed E-state index contributed by atoms with van der Waals surface area (Å²) in [4.78, 5) is 16.9. The normalized spacial score (nSPS) is 44.9. The molecule has 0 spiro atoms. The van der Waals surface area contributed by atoms with Crippen molar-refractivity contribution in [3.05, 3.63) is 0 Å². The van der Waals surface area contributed by atoms with E-state index in [0.717, 1.165) is 36.6 Å². The van der Waals surface area contributed by atoms with Crippen molar-refractivity contribution in [3.8, 4) is 0 Å². The molecule has 2 heterocycles. The number of carbonyl (C=O) groups excluding carboxylic acids is 1. The summed E-state index contributed by atoms with van der Waals surface area (Å²) in [7, 11) is 0. The molecule has 2 aliphatic heterocycles. The van der Waals surface area contributed by atoms with Crippen molar-refractivity contribution in [3.63, 3.8) is 0 Å². The first-order chi connectivity index (χ1) is 9.29. The maximum atomic E-state index is 12.0. The Morgan fingerprint density at radius 2 is 2.10 bits per heavy atom. The SMILES string of the molecule is C.O=C1NC(=NC2CC3CCC2C3)SC1C1CCOC1. The summed E-state index contributed by atoms with van der Waals surface area (Å²) in [5.41, 5.74) is 0. The number of nitrogens with one attached hydrogen (secondary N) is 1. The molecule has 2 saturated heterocycles. The fourth-order valence-corrected chi connectivity index (χ4v) is 5.23. The van der Waals surface area contributed by atoms with Gasteiger partial charge in [-0.2, -0.15) is 0 Å². The molecule has 4 nitrogen and oxygen atoms in total. The van der Waals surface area contributed by atoms with Crippen molar-refractivity contribution < 1.29 is 9.53 Å². The van der Waals surface area contributed by atoms with E-state index < -0.39 is 0 Å². The van der Waals surface area contributed by atoms with Gasteiger partial charge in [0.25, 0.3) is 0 Å². The van der Waals surface area contributed by atoms with Crippen LogP contribution in [0.2, 0.25) is 0 Å². The molecule has 1 N–H and O–H groups in total. The first-order valence-electron chi connectivity index (χ1n) is 7.42. The predicted octanol–water partition coefficient (Wildman–Crippen LogP) is 2.44. The van der Waals surface area contributed by atoms with Gasteiger partial charge in [-0.1, -0.05) is 25.6 Å². The maximum Gasteiger partial charge on any atom is 0.239 e. The second-order valence-corrected chi connectivity index (χ2v) is 7.46. The van der Waals surface area contributed by atoms with E-state index in [4.69, 9.17) is 9.73 Å². The summed E-state index contributed by atoms with van der Waals surface area (Å²) in [6, 6.07) is 0.472. The Morgan fingerprint density at radius 1 is 1.20 bits per heavy atom. The molecule has 0 aromatic rings. The highest BCUT2D eigenvalue weighted by atomic mass is 32.2. The molecule has 5 unspecified atom stereocenters. The first-order valence-corrected chi connectivity index (χ1v) is 8.30. The number of ether oxygens (including phenoxy) is 1. The van der Waals surface area contributed by atoms with Crippen molar-refractivity contribution in [1.82, 2.24) is 5.32 Å². The summed E-state index contributed by atoms with van der Waals surface area (Å²) >= 11 is 1.64. The Hall–Kier alpha value is -0.550. The van der Waals surface area contributed by atoms with Crippen molar-refractivity contribution >= 4 is 22.8 Å². The fourth-order valence-electron chi connectivity index (χ4n) is 4.06. The van der Waals surface area contributed by atoms with E-state index in [1.54, 1.807) is 11.8 Å². The zero-order valence-corrected chi connectivity index (χ0v) is 11.8. The van der Waals surface area contributed by atoms with Gasteiger partial charge in [-0.05, 0) is 37.5 Å². The van der Waals surface area contributed by atoms with E-state index >= 15 is 0 Å². The third-order valence-corrected chi connectivity index (χ3v) is 6.39. The lowest BCUT2D eigenvalue weighted by molar-refractivity contribution is -0.119. The lowest BCUT2D eigenvalue weighted by atomic mass is 9.96. The molecule has 4 aliphatic rings.